The Morgan fingerprint density at radius 1 is 1.06 bits per heavy atom. The highest BCUT2D eigenvalue weighted by atomic mass is 32.2. The van der Waals surface area contributed by atoms with Crippen LogP contribution in [0.1, 0.15) is 24.0 Å². The molecule has 1 saturated carbocycles. The van der Waals surface area contributed by atoms with E-state index in [0.717, 1.165) is 42.7 Å². The largest absolute Gasteiger partial charge is 0.416 e. The zero-order chi connectivity index (χ0) is 24.5. The smallest absolute Gasteiger partial charge is 0.352 e. The number of alkyl halides is 3. The van der Waals surface area contributed by atoms with E-state index in [2.05, 4.69) is 10.6 Å². The molecule has 1 saturated heterocycles. The summed E-state index contributed by atoms with van der Waals surface area (Å²) in [6.07, 6.45) is -2.42. The summed E-state index contributed by atoms with van der Waals surface area (Å²) in [7, 11) is -2.18. The SMILES string of the molecule is CN[C@@H](Cc1ccccc1)C(=O)N[C@H]1CC[C@@H]2CN(S(=O)(=O)c3ccc(C(F)(F)F)cc3)C[C@@H]21. The predicted octanol–water partition coefficient (Wildman–Crippen LogP) is 3.05. The molecule has 1 aliphatic heterocycles. The standard InChI is InChI=1S/C24H28F3N3O3S/c1-28-22(13-16-5-3-2-4-6-16)23(31)29-21-12-7-17-14-30(15-20(17)21)34(32,33)19-10-8-18(9-11-19)24(25,26)27/h2-6,8-11,17,20-22,28H,7,12-15H2,1H3,(H,29,31)/t17-,20+,21+,22+/m1/s1. The van der Waals surface area contributed by atoms with Crippen LogP contribution in [0.2, 0.25) is 0 Å². The molecule has 0 bridgehead atoms. The van der Waals surface area contributed by atoms with Gasteiger partial charge in [-0.3, -0.25) is 4.79 Å². The number of halogens is 3. The number of nitrogens with zero attached hydrogens (tertiary/aromatic N) is 1. The van der Waals surface area contributed by atoms with Crippen LogP contribution in [-0.2, 0) is 27.4 Å². The van der Waals surface area contributed by atoms with Gasteiger partial charge in [-0.1, -0.05) is 30.3 Å². The van der Waals surface area contributed by atoms with Gasteiger partial charge in [-0.2, -0.15) is 17.5 Å². The van der Waals surface area contributed by atoms with Gasteiger partial charge in [0.1, 0.15) is 0 Å². The first-order valence-corrected chi connectivity index (χ1v) is 12.7. The van der Waals surface area contributed by atoms with Gasteiger partial charge in [0.25, 0.3) is 0 Å². The van der Waals surface area contributed by atoms with Crippen LogP contribution >= 0.6 is 0 Å². The summed E-state index contributed by atoms with van der Waals surface area (Å²) in [6.45, 7) is 0.543. The summed E-state index contributed by atoms with van der Waals surface area (Å²) < 4.78 is 65.9. The van der Waals surface area contributed by atoms with Crippen molar-refractivity contribution in [3.63, 3.8) is 0 Å². The third kappa shape index (κ3) is 5.13. The van der Waals surface area contributed by atoms with Crippen LogP contribution in [0.5, 0.6) is 0 Å². The number of amides is 1. The Morgan fingerprint density at radius 3 is 2.35 bits per heavy atom. The van der Waals surface area contributed by atoms with E-state index >= 15 is 0 Å². The van der Waals surface area contributed by atoms with E-state index in [1.165, 1.54) is 4.31 Å². The zero-order valence-electron chi connectivity index (χ0n) is 18.8. The van der Waals surface area contributed by atoms with Gasteiger partial charge in [-0.05, 0) is 68.0 Å². The highest BCUT2D eigenvalue weighted by Gasteiger charge is 2.47. The van der Waals surface area contributed by atoms with Gasteiger partial charge < -0.3 is 10.6 Å². The van der Waals surface area contributed by atoms with Crippen LogP contribution in [0.3, 0.4) is 0 Å². The number of nitrogens with one attached hydrogen (secondary N) is 2. The molecule has 2 fully saturated rings. The number of hydrogen-bond donors (Lipinski definition) is 2. The maximum Gasteiger partial charge on any atom is 0.416 e. The normalized spacial score (nSPS) is 24.1. The molecule has 4 atom stereocenters. The molecule has 34 heavy (non-hydrogen) atoms. The van der Waals surface area contributed by atoms with Crippen molar-refractivity contribution in [1.29, 1.82) is 0 Å². The highest BCUT2D eigenvalue weighted by Crippen LogP contribution is 2.40. The Balaban J connectivity index is 1.41. The fraction of sp³-hybridized carbons (Fsp3) is 0.458. The summed E-state index contributed by atoms with van der Waals surface area (Å²) in [5.41, 5.74) is 0.151. The van der Waals surface area contributed by atoms with Crippen LogP contribution in [0.4, 0.5) is 13.2 Å². The Morgan fingerprint density at radius 2 is 1.74 bits per heavy atom. The Bertz CT molecular complexity index is 1110. The molecule has 0 spiro atoms. The minimum Gasteiger partial charge on any atom is -0.352 e. The maximum atomic E-state index is 13.1. The first kappa shape index (κ1) is 24.7. The summed E-state index contributed by atoms with van der Waals surface area (Å²) in [5.74, 6) is -0.0415. The van der Waals surface area contributed by atoms with Crippen molar-refractivity contribution in [1.82, 2.24) is 14.9 Å². The van der Waals surface area contributed by atoms with E-state index in [-0.39, 0.29) is 35.2 Å². The monoisotopic (exact) mass is 495 g/mol. The first-order chi connectivity index (χ1) is 16.1. The second-order valence-electron chi connectivity index (χ2n) is 8.99. The first-order valence-electron chi connectivity index (χ1n) is 11.3. The Kier molecular flexibility index (Phi) is 7.02. The van der Waals surface area contributed by atoms with E-state index in [9.17, 15) is 26.4 Å². The second kappa shape index (κ2) is 9.67. The third-order valence-corrected chi connectivity index (χ3v) is 8.76. The number of likely N-dealkylation sites (N-methyl/N-ethyl adjacent to an activating group) is 1. The quantitative estimate of drug-likeness (QED) is 0.619. The lowest BCUT2D eigenvalue weighted by Gasteiger charge is -2.24. The molecule has 2 aliphatic rings. The van der Waals surface area contributed by atoms with Gasteiger partial charge in [0.05, 0.1) is 16.5 Å². The molecule has 0 radical (unpaired) electrons. The van der Waals surface area contributed by atoms with Crippen molar-refractivity contribution < 1.29 is 26.4 Å². The van der Waals surface area contributed by atoms with E-state index in [0.29, 0.717) is 13.0 Å². The molecule has 6 nitrogen and oxygen atoms in total. The molecule has 4 rings (SSSR count). The van der Waals surface area contributed by atoms with E-state index in [1.54, 1.807) is 7.05 Å². The van der Waals surface area contributed by atoms with Crippen LogP contribution in [0.25, 0.3) is 0 Å². The van der Waals surface area contributed by atoms with Gasteiger partial charge in [-0.25, -0.2) is 8.42 Å². The lowest BCUT2D eigenvalue weighted by Crippen LogP contribution is -2.49. The molecule has 1 aliphatic carbocycles. The number of carbonyl (C=O) groups excluding carboxylic acids is 1. The molecule has 0 unspecified atom stereocenters. The molecule has 0 aromatic heterocycles. The van der Waals surface area contributed by atoms with Crippen molar-refractivity contribution in [2.45, 2.75) is 42.4 Å². The molecule has 184 valence electrons. The topological polar surface area (TPSA) is 78.5 Å². The van der Waals surface area contributed by atoms with Crippen molar-refractivity contribution in [2.24, 2.45) is 11.8 Å². The van der Waals surface area contributed by atoms with E-state index < -0.39 is 27.8 Å². The number of carbonyl (C=O) groups is 1. The zero-order valence-corrected chi connectivity index (χ0v) is 19.6. The number of hydrogen-bond acceptors (Lipinski definition) is 4. The van der Waals surface area contributed by atoms with Crippen molar-refractivity contribution in [3.05, 3.63) is 65.7 Å². The molecule has 1 amide bonds. The van der Waals surface area contributed by atoms with Crippen LogP contribution < -0.4 is 10.6 Å². The molecule has 2 aromatic rings. The lowest BCUT2D eigenvalue weighted by molar-refractivity contribution is -0.137. The third-order valence-electron chi connectivity index (χ3n) is 6.92. The van der Waals surface area contributed by atoms with E-state index in [4.69, 9.17) is 0 Å². The van der Waals surface area contributed by atoms with Crippen molar-refractivity contribution in [2.75, 3.05) is 20.1 Å². The Labute approximate surface area is 197 Å². The highest BCUT2D eigenvalue weighted by molar-refractivity contribution is 7.89. The lowest BCUT2D eigenvalue weighted by atomic mass is 9.97. The van der Waals surface area contributed by atoms with Gasteiger partial charge in [0.15, 0.2) is 0 Å². The number of rotatable bonds is 7. The minimum absolute atomic E-state index is 0.0256. The summed E-state index contributed by atoms with van der Waals surface area (Å²) >= 11 is 0. The predicted molar refractivity (Wildman–Crippen MR) is 121 cm³/mol. The average molecular weight is 496 g/mol. The van der Waals surface area contributed by atoms with Crippen molar-refractivity contribution in [3.8, 4) is 0 Å². The number of sulfonamides is 1. The fourth-order valence-electron chi connectivity index (χ4n) is 5.02. The van der Waals surface area contributed by atoms with Crippen LogP contribution in [-0.4, -0.2) is 50.9 Å². The minimum atomic E-state index is -4.52. The van der Waals surface area contributed by atoms with Gasteiger partial charge >= 0.3 is 6.18 Å². The average Bonchev–Trinajstić information content (AvgIpc) is 3.40. The fourth-order valence-corrected chi connectivity index (χ4v) is 6.56. The molecule has 2 aromatic carbocycles. The second-order valence-corrected chi connectivity index (χ2v) is 10.9. The van der Waals surface area contributed by atoms with Gasteiger partial charge in [0.2, 0.25) is 15.9 Å². The Hall–Kier alpha value is -2.43. The maximum absolute atomic E-state index is 13.1. The molecule has 2 N–H and O–H groups in total. The van der Waals surface area contributed by atoms with Gasteiger partial charge in [-0.15, -0.1) is 0 Å². The van der Waals surface area contributed by atoms with Crippen LogP contribution in [0.15, 0.2) is 59.5 Å². The summed E-state index contributed by atoms with van der Waals surface area (Å²) in [5, 5.41) is 6.16. The summed E-state index contributed by atoms with van der Waals surface area (Å²) in [6, 6.07) is 12.7. The van der Waals surface area contributed by atoms with Crippen LogP contribution in [0, 0.1) is 11.8 Å². The molecular weight excluding hydrogens is 467 g/mol. The molecular formula is C24H28F3N3O3S. The number of fused-ring (bicyclic) bond motifs is 1. The van der Waals surface area contributed by atoms with Gasteiger partial charge in [0, 0.05) is 19.1 Å². The number of benzene rings is 2. The molecule has 10 heteroatoms. The molecule has 1 heterocycles. The van der Waals surface area contributed by atoms with E-state index in [1.807, 2.05) is 30.3 Å². The summed E-state index contributed by atoms with van der Waals surface area (Å²) in [4.78, 5) is 12.8. The van der Waals surface area contributed by atoms with Crippen molar-refractivity contribution >= 4 is 15.9 Å².